The summed E-state index contributed by atoms with van der Waals surface area (Å²) in [5, 5.41) is 2.72. The molecule has 4 heteroatoms. The molecule has 0 unspecified atom stereocenters. The van der Waals surface area contributed by atoms with Gasteiger partial charge < -0.3 is 10.1 Å². The third-order valence-corrected chi connectivity index (χ3v) is 2.68. The van der Waals surface area contributed by atoms with Crippen LogP contribution in [-0.4, -0.2) is 31.4 Å². The van der Waals surface area contributed by atoms with Crippen LogP contribution in [0.5, 0.6) is 0 Å². The maximum atomic E-state index is 11.7. The highest BCUT2D eigenvalue weighted by Gasteiger charge is 2.24. The molecule has 0 saturated carbocycles. The molecule has 1 aliphatic rings. The number of ether oxygens (including phenoxy) is 1. The van der Waals surface area contributed by atoms with E-state index >= 15 is 0 Å². The summed E-state index contributed by atoms with van der Waals surface area (Å²) in [7, 11) is 0. The van der Waals surface area contributed by atoms with Crippen LogP contribution in [0.2, 0.25) is 0 Å². The van der Waals surface area contributed by atoms with Gasteiger partial charge in [0.25, 0.3) is 0 Å². The van der Waals surface area contributed by atoms with Gasteiger partial charge in [-0.05, 0) is 18.8 Å². The van der Waals surface area contributed by atoms with Gasteiger partial charge in [0.1, 0.15) is 0 Å². The Bertz CT molecular complexity index is 222. The van der Waals surface area contributed by atoms with Gasteiger partial charge in [-0.15, -0.1) is 0 Å². The van der Waals surface area contributed by atoms with E-state index in [1.54, 1.807) is 0 Å². The van der Waals surface area contributed by atoms with Crippen LogP contribution in [0.25, 0.3) is 0 Å². The van der Waals surface area contributed by atoms with Crippen molar-refractivity contribution in [3.8, 4) is 0 Å². The van der Waals surface area contributed by atoms with Gasteiger partial charge in [0.05, 0.1) is 6.04 Å². The van der Waals surface area contributed by atoms with E-state index in [9.17, 15) is 9.59 Å². The Morgan fingerprint density at radius 1 is 1.40 bits per heavy atom. The van der Waals surface area contributed by atoms with Crippen LogP contribution in [0.15, 0.2) is 0 Å². The summed E-state index contributed by atoms with van der Waals surface area (Å²) in [6.45, 7) is 5.05. The molecule has 0 aromatic carbocycles. The second-order valence-corrected chi connectivity index (χ2v) is 4.23. The highest BCUT2D eigenvalue weighted by molar-refractivity contribution is 5.82. The Morgan fingerprint density at radius 3 is 2.47 bits per heavy atom. The maximum absolute atomic E-state index is 11.7. The minimum atomic E-state index is -0.486. The predicted octanol–water partition coefficient (Wildman–Crippen LogP) is 0.663. The molecule has 0 aromatic heterocycles. The zero-order valence-electron chi connectivity index (χ0n) is 9.29. The zero-order chi connectivity index (χ0) is 11.3. The Balaban J connectivity index is 2.42. The zero-order valence-corrected chi connectivity index (χ0v) is 9.29. The first-order valence-corrected chi connectivity index (χ1v) is 5.41. The molecule has 1 rings (SSSR count). The van der Waals surface area contributed by atoms with Gasteiger partial charge in [0, 0.05) is 19.1 Å². The van der Waals surface area contributed by atoms with Crippen molar-refractivity contribution in [2.45, 2.75) is 32.7 Å². The fraction of sp³-hybridized carbons (Fsp3) is 0.818. The standard InChI is InChI=1S/C11H18NO3/c1-8(2)10(7-13)12-11(14)9-3-5-15-6-4-9/h8-10H,3-6H2,1-2H3,(H,12,14)/t10-/m1/s1. The van der Waals surface area contributed by atoms with Crippen molar-refractivity contribution in [1.29, 1.82) is 0 Å². The molecular weight excluding hydrogens is 194 g/mol. The van der Waals surface area contributed by atoms with E-state index in [2.05, 4.69) is 5.32 Å². The summed E-state index contributed by atoms with van der Waals surface area (Å²) in [6.07, 6.45) is 3.35. The van der Waals surface area contributed by atoms with E-state index < -0.39 is 6.04 Å². The van der Waals surface area contributed by atoms with Crippen LogP contribution in [-0.2, 0) is 14.3 Å². The normalized spacial score (nSPS) is 19.9. The summed E-state index contributed by atoms with van der Waals surface area (Å²) < 4.78 is 5.17. The average Bonchev–Trinajstić information content (AvgIpc) is 2.26. The van der Waals surface area contributed by atoms with E-state index in [0.717, 1.165) is 12.8 Å². The topological polar surface area (TPSA) is 55.4 Å². The molecule has 0 spiro atoms. The lowest BCUT2D eigenvalue weighted by molar-refractivity contribution is -0.128. The Kier molecular flexibility index (Phi) is 4.75. The molecule has 4 nitrogen and oxygen atoms in total. The molecule has 0 aromatic rings. The molecule has 1 atom stereocenters. The summed E-state index contributed by atoms with van der Waals surface area (Å²) in [5.74, 6) is 0.0417. The van der Waals surface area contributed by atoms with Crippen LogP contribution in [0.4, 0.5) is 0 Å². The largest absolute Gasteiger partial charge is 0.381 e. The van der Waals surface area contributed by atoms with Gasteiger partial charge >= 0.3 is 0 Å². The van der Waals surface area contributed by atoms with Crippen molar-refractivity contribution in [3.63, 3.8) is 0 Å². The molecule has 1 saturated heterocycles. The van der Waals surface area contributed by atoms with Gasteiger partial charge in [-0.3, -0.25) is 9.59 Å². The van der Waals surface area contributed by atoms with Crippen molar-refractivity contribution >= 4 is 12.2 Å². The van der Waals surface area contributed by atoms with Crippen molar-refractivity contribution < 1.29 is 14.3 Å². The number of carbonyl (C=O) groups is 1. The monoisotopic (exact) mass is 212 g/mol. The molecule has 85 valence electrons. The molecule has 1 N–H and O–H groups in total. The van der Waals surface area contributed by atoms with E-state index in [1.807, 2.05) is 20.1 Å². The number of hydrogen-bond acceptors (Lipinski definition) is 3. The smallest absolute Gasteiger partial charge is 0.223 e. The molecule has 1 radical (unpaired) electrons. The predicted molar refractivity (Wildman–Crippen MR) is 56.0 cm³/mol. The summed E-state index contributed by atoms with van der Waals surface area (Å²) >= 11 is 0. The van der Waals surface area contributed by atoms with E-state index in [4.69, 9.17) is 4.74 Å². The van der Waals surface area contributed by atoms with E-state index in [0.29, 0.717) is 13.2 Å². The second-order valence-electron chi connectivity index (χ2n) is 4.23. The minimum Gasteiger partial charge on any atom is -0.381 e. The fourth-order valence-corrected chi connectivity index (χ4v) is 1.56. The Hall–Kier alpha value is -0.900. The third-order valence-electron chi connectivity index (χ3n) is 2.68. The molecule has 1 amide bonds. The van der Waals surface area contributed by atoms with Crippen LogP contribution in [0.3, 0.4) is 0 Å². The van der Waals surface area contributed by atoms with Crippen LogP contribution in [0, 0.1) is 11.8 Å². The molecular formula is C11H18NO3. The Labute approximate surface area is 90.4 Å². The lowest BCUT2D eigenvalue weighted by atomic mass is 9.98. The van der Waals surface area contributed by atoms with Crippen molar-refractivity contribution in [2.24, 2.45) is 11.8 Å². The molecule has 1 aliphatic heterocycles. The second kappa shape index (κ2) is 5.85. The highest BCUT2D eigenvalue weighted by atomic mass is 16.5. The van der Waals surface area contributed by atoms with E-state index in [-0.39, 0.29) is 17.7 Å². The third kappa shape index (κ3) is 3.63. The van der Waals surface area contributed by atoms with E-state index in [1.165, 1.54) is 0 Å². The van der Waals surface area contributed by atoms with Crippen molar-refractivity contribution in [1.82, 2.24) is 5.32 Å². The van der Waals surface area contributed by atoms with Gasteiger partial charge in [-0.1, -0.05) is 13.8 Å². The molecule has 15 heavy (non-hydrogen) atoms. The lowest BCUT2D eigenvalue weighted by Crippen LogP contribution is -2.44. The van der Waals surface area contributed by atoms with Gasteiger partial charge in [0.2, 0.25) is 12.2 Å². The number of amides is 1. The molecule has 0 bridgehead atoms. The number of nitrogens with one attached hydrogen (secondary N) is 1. The maximum Gasteiger partial charge on any atom is 0.223 e. The first-order valence-electron chi connectivity index (χ1n) is 5.41. The SMILES string of the molecule is CC(C)[C@@H]([C]=O)NC(=O)C1CCOCC1. The van der Waals surface area contributed by atoms with Crippen LogP contribution in [0.1, 0.15) is 26.7 Å². The molecule has 1 fully saturated rings. The van der Waals surface area contributed by atoms with Crippen LogP contribution < -0.4 is 5.32 Å². The Morgan fingerprint density at radius 2 is 2.00 bits per heavy atom. The molecule has 1 heterocycles. The number of hydrogen-bond donors (Lipinski definition) is 1. The highest BCUT2D eigenvalue weighted by Crippen LogP contribution is 2.15. The molecule has 0 aliphatic carbocycles. The van der Waals surface area contributed by atoms with Crippen LogP contribution >= 0.6 is 0 Å². The van der Waals surface area contributed by atoms with Gasteiger partial charge in [0.15, 0.2) is 0 Å². The summed E-state index contributed by atoms with van der Waals surface area (Å²) in [6, 6.07) is -0.486. The van der Waals surface area contributed by atoms with Crippen molar-refractivity contribution in [3.05, 3.63) is 0 Å². The number of rotatable bonds is 4. The van der Waals surface area contributed by atoms with Gasteiger partial charge in [-0.25, -0.2) is 0 Å². The number of carbonyl (C=O) groups excluding carboxylic acids is 2. The first kappa shape index (κ1) is 12.2. The fourth-order valence-electron chi connectivity index (χ4n) is 1.56. The van der Waals surface area contributed by atoms with Gasteiger partial charge in [-0.2, -0.15) is 0 Å². The summed E-state index contributed by atoms with van der Waals surface area (Å²) in [5.41, 5.74) is 0. The quantitative estimate of drug-likeness (QED) is 0.745. The van der Waals surface area contributed by atoms with Crippen molar-refractivity contribution in [2.75, 3.05) is 13.2 Å². The lowest BCUT2D eigenvalue weighted by Gasteiger charge is -2.23. The first-order chi connectivity index (χ1) is 7.15. The summed E-state index contributed by atoms with van der Waals surface area (Å²) in [4.78, 5) is 22.3. The average molecular weight is 212 g/mol. The minimum absolute atomic E-state index is 0.00616.